The normalized spacial score (nSPS) is 18.3. The molecule has 2 aromatic carbocycles. The number of carbonyl (C=O) groups is 1. The SMILES string of the molecule is CCC(C)(C)CCC=N/C(C)=C/CCC1CCC(NC(=NCc2ccccc2C(F)(F)F)NC(=O)c2ccc(F)c(C)c2)CC1. The number of carbonyl (C=O) groups excluding carboxylic acids is 1. The van der Waals surface area contributed by atoms with Crippen LogP contribution in [0.4, 0.5) is 17.6 Å². The molecule has 1 aliphatic rings. The highest BCUT2D eigenvalue weighted by molar-refractivity contribution is 6.05. The fraction of sp³-hybridized carbons (Fsp3) is 0.528. The van der Waals surface area contributed by atoms with E-state index < -0.39 is 23.5 Å². The van der Waals surface area contributed by atoms with Crippen molar-refractivity contribution in [2.24, 2.45) is 21.3 Å². The second-order valence-electron chi connectivity index (χ2n) is 12.9. The Labute approximate surface area is 265 Å². The van der Waals surface area contributed by atoms with Crippen molar-refractivity contribution in [1.29, 1.82) is 0 Å². The summed E-state index contributed by atoms with van der Waals surface area (Å²) < 4.78 is 54.5. The number of hydrogen-bond acceptors (Lipinski definition) is 3. The van der Waals surface area contributed by atoms with Crippen molar-refractivity contribution < 1.29 is 22.4 Å². The van der Waals surface area contributed by atoms with Gasteiger partial charge >= 0.3 is 6.18 Å². The van der Waals surface area contributed by atoms with Gasteiger partial charge in [0.25, 0.3) is 5.91 Å². The molecule has 1 fully saturated rings. The summed E-state index contributed by atoms with van der Waals surface area (Å²) in [5.41, 5.74) is 1.19. The number of allylic oxidation sites excluding steroid dienone is 2. The fourth-order valence-corrected chi connectivity index (χ4v) is 5.40. The van der Waals surface area contributed by atoms with E-state index in [1.807, 2.05) is 13.1 Å². The zero-order valence-electron chi connectivity index (χ0n) is 27.2. The van der Waals surface area contributed by atoms with E-state index in [0.29, 0.717) is 16.9 Å². The highest BCUT2D eigenvalue weighted by Crippen LogP contribution is 2.32. The van der Waals surface area contributed by atoms with Gasteiger partial charge < -0.3 is 5.32 Å². The highest BCUT2D eigenvalue weighted by atomic mass is 19.4. The Morgan fingerprint density at radius 2 is 1.76 bits per heavy atom. The van der Waals surface area contributed by atoms with Gasteiger partial charge in [0.15, 0.2) is 5.96 Å². The number of aryl methyl sites for hydroxylation is 1. The maximum Gasteiger partial charge on any atom is 0.416 e. The lowest BCUT2D eigenvalue weighted by Gasteiger charge is -2.30. The Morgan fingerprint density at radius 1 is 1.04 bits per heavy atom. The second-order valence-corrected chi connectivity index (χ2v) is 12.9. The molecule has 9 heteroatoms. The molecule has 0 bridgehead atoms. The lowest BCUT2D eigenvalue weighted by molar-refractivity contribution is -0.138. The number of benzene rings is 2. The van der Waals surface area contributed by atoms with Gasteiger partial charge in [0.2, 0.25) is 0 Å². The molecule has 0 atom stereocenters. The van der Waals surface area contributed by atoms with E-state index in [1.54, 1.807) is 6.92 Å². The minimum absolute atomic E-state index is 0.0114. The first-order valence-electron chi connectivity index (χ1n) is 16.0. The van der Waals surface area contributed by atoms with Gasteiger partial charge in [-0.1, -0.05) is 51.5 Å². The largest absolute Gasteiger partial charge is 0.416 e. The first-order valence-corrected chi connectivity index (χ1v) is 16.0. The number of nitrogens with zero attached hydrogens (tertiary/aromatic N) is 2. The van der Waals surface area contributed by atoms with Crippen molar-refractivity contribution in [3.05, 3.63) is 82.3 Å². The van der Waals surface area contributed by atoms with E-state index in [2.05, 4.69) is 47.5 Å². The maximum absolute atomic E-state index is 13.8. The van der Waals surface area contributed by atoms with Crippen molar-refractivity contribution >= 4 is 18.1 Å². The highest BCUT2D eigenvalue weighted by Gasteiger charge is 2.33. The lowest BCUT2D eigenvalue weighted by Crippen LogP contribution is -2.47. The van der Waals surface area contributed by atoms with Crippen LogP contribution >= 0.6 is 0 Å². The number of aliphatic imine (C=N–C) groups is 2. The maximum atomic E-state index is 13.8. The molecule has 0 heterocycles. The third-order valence-electron chi connectivity index (χ3n) is 8.79. The molecule has 5 nitrogen and oxygen atoms in total. The monoisotopic (exact) mass is 628 g/mol. The van der Waals surface area contributed by atoms with E-state index in [-0.39, 0.29) is 29.7 Å². The Balaban J connectivity index is 1.59. The van der Waals surface area contributed by atoms with Gasteiger partial charge in [-0.2, -0.15) is 13.2 Å². The van der Waals surface area contributed by atoms with Crippen LogP contribution in [-0.4, -0.2) is 24.1 Å². The zero-order valence-corrected chi connectivity index (χ0v) is 27.2. The average Bonchev–Trinajstić information content (AvgIpc) is 3.00. The number of amides is 1. The molecule has 246 valence electrons. The van der Waals surface area contributed by atoms with Crippen molar-refractivity contribution in [2.45, 2.75) is 111 Å². The number of hydrogen-bond donors (Lipinski definition) is 2. The van der Waals surface area contributed by atoms with Crippen LogP contribution in [0.25, 0.3) is 0 Å². The van der Waals surface area contributed by atoms with Crippen LogP contribution in [-0.2, 0) is 12.7 Å². The molecule has 0 aromatic heterocycles. The summed E-state index contributed by atoms with van der Waals surface area (Å²) in [6, 6.07) is 9.31. The standard InChI is InChI=1S/C36H48F4N4O/c1-6-35(4,5)21-10-22-41-26(3)11-9-12-27-15-18-30(19-16-27)43-34(44-33(45)28-17-20-32(37)25(2)23-28)42-24-29-13-7-8-14-31(29)36(38,39)40/h7-8,11,13-14,17,20,22-23,27,30H,6,9-10,12,15-16,18-19,21,24H2,1-5H3,(H2,42,43,44,45)/b26-11+,41-22?. The van der Waals surface area contributed by atoms with E-state index in [9.17, 15) is 22.4 Å². The predicted octanol–water partition coefficient (Wildman–Crippen LogP) is 9.56. The van der Waals surface area contributed by atoms with Crippen LogP contribution in [0.15, 0.2) is 64.2 Å². The molecule has 2 N–H and O–H groups in total. The van der Waals surface area contributed by atoms with Crippen molar-refractivity contribution in [2.75, 3.05) is 0 Å². The van der Waals surface area contributed by atoms with Crippen molar-refractivity contribution in [3.8, 4) is 0 Å². The van der Waals surface area contributed by atoms with Gasteiger partial charge in [0, 0.05) is 23.5 Å². The summed E-state index contributed by atoms with van der Waals surface area (Å²) in [4.78, 5) is 22.0. The Hall–Kier alpha value is -3.49. The van der Waals surface area contributed by atoms with Gasteiger partial charge in [0.05, 0.1) is 12.1 Å². The van der Waals surface area contributed by atoms with E-state index in [4.69, 9.17) is 0 Å². The summed E-state index contributed by atoms with van der Waals surface area (Å²) in [6.07, 6.45) is 8.69. The molecule has 0 unspecified atom stereocenters. The van der Waals surface area contributed by atoms with Gasteiger partial charge in [-0.15, -0.1) is 0 Å². The second kappa shape index (κ2) is 16.7. The Kier molecular flexibility index (Phi) is 13.4. The van der Waals surface area contributed by atoms with Crippen LogP contribution in [0, 0.1) is 24.1 Å². The van der Waals surface area contributed by atoms with Crippen molar-refractivity contribution in [1.82, 2.24) is 10.6 Å². The molecule has 0 radical (unpaired) electrons. The number of rotatable bonds is 12. The molecule has 0 aliphatic heterocycles. The summed E-state index contributed by atoms with van der Waals surface area (Å²) in [6.45, 7) is 10.1. The van der Waals surface area contributed by atoms with Gasteiger partial charge in [-0.05, 0) is 112 Å². The first-order chi connectivity index (χ1) is 21.3. The van der Waals surface area contributed by atoms with Gasteiger partial charge in [-0.3, -0.25) is 15.1 Å². The van der Waals surface area contributed by atoms with Gasteiger partial charge in [0.1, 0.15) is 5.82 Å². The summed E-state index contributed by atoms with van der Waals surface area (Å²) in [5, 5.41) is 6.00. The molecule has 1 amide bonds. The smallest absolute Gasteiger partial charge is 0.353 e. The quantitative estimate of drug-likeness (QED) is 0.140. The minimum atomic E-state index is -4.51. The van der Waals surface area contributed by atoms with Crippen LogP contribution in [0.1, 0.15) is 113 Å². The molecule has 1 aliphatic carbocycles. The van der Waals surface area contributed by atoms with Gasteiger partial charge in [-0.25, -0.2) is 9.38 Å². The molecule has 1 saturated carbocycles. The number of nitrogens with one attached hydrogen (secondary N) is 2. The van der Waals surface area contributed by atoms with Crippen LogP contribution in [0.5, 0.6) is 0 Å². The van der Waals surface area contributed by atoms with Crippen LogP contribution in [0.2, 0.25) is 0 Å². The molecular formula is C36H48F4N4O. The molecule has 0 saturated heterocycles. The molecule has 2 aromatic rings. The molecule has 0 spiro atoms. The van der Waals surface area contributed by atoms with E-state index in [0.717, 1.165) is 69.6 Å². The van der Waals surface area contributed by atoms with E-state index >= 15 is 0 Å². The molecule has 3 rings (SSSR count). The van der Waals surface area contributed by atoms with Crippen LogP contribution in [0.3, 0.4) is 0 Å². The average molecular weight is 629 g/mol. The summed E-state index contributed by atoms with van der Waals surface area (Å²) in [7, 11) is 0. The summed E-state index contributed by atoms with van der Waals surface area (Å²) in [5.74, 6) is -0.261. The lowest BCUT2D eigenvalue weighted by atomic mass is 9.83. The summed E-state index contributed by atoms with van der Waals surface area (Å²) >= 11 is 0. The number of halogens is 4. The Bertz CT molecular complexity index is 1360. The predicted molar refractivity (Wildman–Crippen MR) is 175 cm³/mol. The topological polar surface area (TPSA) is 65.8 Å². The fourth-order valence-electron chi connectivity index (χ4n) is 5.40. The third-order valence-corrected chi connectivity index (χ3v) is 8.79. The third kappa shape index (κ3) is 12.1. The zero-order chi connectivity index (χ0) is 33.0. The van der Waals surface area contributed by atoms with E-state index in [1.165, 1.54) is 36.4 Å². The number of alkyl halides is 3. The number of guanidine groups is 1. The minimum Gasteiger partial charge on any atom is -0.353 e. The van der Waals surface area contributed by atoms with Crippen molar-refractivity contribution in [3.63, 3.8) is 0 Å². The van der Waals surface area contributed by atoms with Crippen LogP contribution < -0.4 is 10.6 Å². The Morgan fingerprint density at radius 3 is 2.42 bits per heavy atom. The molecule has 45 heavy (non-hydrogen) atoms. The first kappa shape index (κ1) is 36.0. The molecular weight excluding hydrogens is 580 g/mol.